The number of nitrogens with zero attached hydrogens (tertiary/aromatic N) is 1. The predicted molar refractivity (Wildman–Crippen MR) is 125 cm³/mol. The number of nitrogens with one attached hydrogen (secondary N) is 2. The van der Waals surface area contributed by atoms with Crippen LogP contribution >= 0.6 is 23.2 Å². The molecule has 0 bridgehead atoms. The van der Waals surface area contributed by atoms with E-state index in [0.29, 0.717) is 23.1 Å². The molecule has 2 aromatic rings. The van der Waals surface area contributed by atoms with Gasteiger partial charge in [-0.05, 0) is 56.1 Å². The average molecular weight is 450 g/mol. The van der Waals surface area contributed by atoms with Crippen molar-refractivity contribution < 1.29 is 9.53 Å². The van der Waals surface area contributed by atoms with Crippen LogP contribution in [-0.4, -0.2) is 43.6 Å². The average Bonchev–Trinajstić information content (AvgIpc) is 2.74. The van der Waals surface area contributed by atoms with Gasteiger partial charge in [0.1, 0.15) is 5.75 Å². The molecule has 0 saturated heterocycles. The number of hydrogen-bond donors (Lipinski definition) is 2. The molecule has 1 amide bonds. The van der Waals surface area contributed by atoms with Gasteiger partial charge in [-0.25, -0.2) is 0 Å². The molecule has 3 rings (SSSR count). The largest absolute Gasteiger partial charge is 0.494 e. The summed E-state index contributed by atoms with van der Waals surface area (Å²) in [7, 11) is 0. The lowest BCUT2D eigenvalue weighted by Gasteiger charge is -2.21. The van der Waals surface area contributed by atoms with Gasteiger partial charge in [0.25, 0.3) is 0 Å². The van der Waals surface area contributed by atoms with E-state index in [2.05, 4.69) is 22.5 Å². The van der Waals surface area contributed by atoms with Crippen molar-refractivity contribution in [1.82, 2.24) is 4.90 Å². The fraction of sp³-hybridized carbons (Fsp3) is 0.435. The molecule has 30 heavy (non-hydrogen) atoms. The summed E-state index contributed by atoms with van der Waals surface area (Å²) in [5.41, 5.74) is 2.93. The summed E-state index contributed by atoms with van der Waals surface area (Å²) in [5.74, 6) is 0.886. The number of anilines is 2. The molecule has 0 saturated carbocycles. The highest BCUT2D eigenvalue weighted by atomic mass is 35.5. The normalized spacial score (nSPS) is 13.1. The van der Waals surface area contributed by atoms with E-state index in [4.69, 9.17) is 27.9 Å². The Labute approximate surface area is 188 Å². The molecule has 0 unspecified atom stereocenters. The molecule has 0 aliphatic carbocycles. The number of aryl methyl sites for hydroxylation is 1. The summed E-state index contributed by atoms with van der Waals surface area (Å²) in [6.07, 6.45) is 3.40. The lowest BCUT2D eigenvalue weighted by molar-refractivity contribution is -0.116. The third kappa shape index (κ3) is 6.53. The van der Waals surface area contributed by atoms with Gasteiger partial charge in [0.15, 0.2) is 0 Å². The van der Waals surface area contributed by atoms with Crippen LogP contribution in [0.1, 0.15) is 31.7 Å². The number of unbranched alkanes of at least 4 members (excludes halogenated alkanes) is 1. The molecule has 1 heterocycles. The molecule has 2 N–H and O–H groups in total. The fourth-order valence-electron chi connectivity index (χ4n) is 3.49. The first-order chi connectivity index (χ1) is 14.6. The van der Waals surface area contributed by atoms with E-state index in [0.717, 1.165) is 62.6 Å². The van der Waals surface area contributed by atoms with Crippen molar-refractivity contribution in [2.24, 2.45) is 0 Å². The molecule has 7 heteroatoms. The number of halogens is 2. The maximum atomic E-state index is 11.5. The number of carbonyl (C=O) groups is 1. The van der Waals surface area contributed by atoms with Gasteiger partial charge in [0.2, 0.25) is 5.91 Å². The maximum absolute atomic E-state index is 11.5. The molecular weight excluding hydrogens is 421 g/mol. The minimum absolute atomic E-state index is 0.0754. The van der Waals surface area contributed by atoms with Crippen LogP contribution < -0.4 is 15.4 Å². The Morgan fingerprint density at radius 1 is 1.13 bits per heavy atom. The van der Waals surface area contributed by atoms with Crippen molar-refractivity contribution in [2.75, 3.05) is 43.4 Å². The molecule has 0 radical (unpaired) electrons. The van der Waals surface area contributed by atoms with Gasteiger partial charge in [0.05, 0.1) is 22.3 Å². The minimum atomic E-state index is 0.0754. The quantitative estimate of drug-likeness (QED) is 0.446. The summed E-state index contributed by atoms with van der Waals surface area (Å²) < 4.78 is 5.88. The second-order valence-corrected chi connectivity index (χ2v) is 8.17. The van der Waals surface area contributed by atoms with Crippen molar-refractivity contribution in [3.63, 3.8) is 0 Å². The molecule has 0 fully saturated rings. The van der Waals surface area contributed by atoms with Crippen LogP contribution in [-0.2, 0) is 11.2 Å². The topological polar surface area (TPSA) is 53.6 Å². The van der Waals surface area contributed by atoms with Crippen LogP contribution in [0, 0.1) is 0 Å². The highest BCUT2D eigenvalue weighted by molar-refractivity contribution is 6.43. The van der Waals surface area contributed by atoms with Gasteiger partial charge in [0, 0.05) is 31.3 Å². The van der Waals surface area contributed by atoms with Crippen LogP contribution in [0.5, 0.6) is 5.75 Å². The van der Waals surface area contributed by atoms with E-state index in [1.807, 2.05) is 30.3 Å². The third-order valence-corrected chi connectivity index (χ3v) is 6.08. The molecule has 0 atom stereocenters. The highest BCUT2D eigenvalue weighted by Gasteiger charge is 2.15. The van der Waals surface area contributed by atoms with E-state index >= 15 is 0 Å². The molecule has 0 spiro atoms. The number of fused-ring (bicyclic) bond motifs is 1. The SMILES string of the molecule is CCN(CCCCOc1ccc2c(c1)NC(=O)CC2)CCNc1cccc(Cl)c1Cl. The predicted octanol–water partition coefficient (Wildman–Crippen LogP) is 5.47. The van der Waals surface area contributed by atoms with Gasteiger partial charge in [-0.3, -0.25) is 4.79 Å². The first-order valence-electron chi connectivity index (χ1n) is 10.5. The molecule has 2 aromatic carbocycles. The Hall–Kier alpha value is -1.95. The summed E-state index contributed by atoms with van der Waals surface area (Å²) in [6.45, 7) is 6.60. The lowest BCUT2D eigenvalue weighted by atomic mass is 10.0. The van der Waals surface area contributed by atoms with Crippen LogP contribution in [0.25, 0.3) is 0 Å². The van der Waals surface area contributed by atoms with Crippen molar-refractivity contribution in [3.8, 4) is 5.75 Å². The number of likely N-dealkylation sites (N-methyl/N-ethyl adjacent to an activating group) is 1. The summed E-state index contributed by atoms with van der Waals surface area (Å²) in [4.78, 5) is 13.9. The summed E-state index contributed by atoms with van der Waals surface area (Å²) in [5, 5.41) is 7.41. The van der Waals surface area contributed by atoms with E-state index < -0.39 is 0 Å². The third-order valence-electron chi connectivity index (χ3n) is 5.26. The number of rotatable bonds is 11. The second-order valence-electron chi connectivity index (χ2n) is 7.39. The standard InChI is InChI=1S/C23H29Cl2N3O2/c1-2-28(14-12-26-20-7-5-6-19(24)23(20)25)13-3-4-15-30-18-10-8-17-9-11-22(29)27-21(17)16-18/h5-8,10,16,26H,2-4,9,11-15H2,1H3,(H,27,29). The van der Waals surface area contributed by atoms with Gasteiger partial charge in [-0.15, -0.1) is 0 Å². The smallest absolute Gasteiger partial charge is 0.224 e. The number of hydrogen-bond acceptors (Lipinski definition) is 4. The van der Waals surface area contributed by atoms with Gasteiger partial charge in [-0.1, -0.05) is 42.3 Å². The monoisotopic (exact) mass is 449 g/mol. The Morgan fingerprint density at radius 3 is 2.83 bits per heavy atom. The van der Waals surface area contributed by atoms with Crippen molar-refractivity contribution in [1.29, 1.82) is 0 Å². The van der Waals surface area contributed by atoms with Crippen molar-refractivity contribution >= 4 is 40.5 Å². The minimum Gasteiger partial charge on any atom is -0.494 e. The summed E-state index contributed by atoms with van der Waals surface area (Å²) >= 11 is 12.3. The zero-order valence-corrected chi connectivity index (χ0v) is 18.9. The molecule has 162 valence electrons. The maximum Gasteiger partial charge on any atom is 0.224 e. The molecule has 0 aromatic heterocycles. The summed E-state index contributed by atoms with van der Waals surface area (Å²) in [6, 6.07) is 11.6. The van der Waals surface area contributed by atoms with Crippen LogP contribution in [0.4, 0.5) is 11.4 Å². The first kappa shape index (κ1) is 22.7. The molecule has 1 aliphatic heterocycles. The second kappa shape index (κ2) is 11.4. The van der Waals surface area contributed by atoms with Gasteiger partial charge < -0.3 is 20.3 Å². The molecule has 5 nitrogen and oxygen atoms in total. The number of ether oxygens (including phenoxy) is 1. The molecular formula is C23H29Cl2N3O2. The number of amides is 1. The van der Waals surface area contributed by atoms with Crippen molar-refractivity contribution in [3.05, 3.63) is 52.0 Å². The Kier molecular flexibility index (Phi) is 8.67. The zero-order chi connectivity index (χ0) is 21.3. The first-order valence-corrected chi connectivity index (χ1v) is 11.3. The zero-order valence-electron chi connectivity index (χ0n) is 17.3. The van der Waals surface area contributed by atoms with Crippen LogP contribution in [0.2, 0.25) is 10.0 Å². The van der Waals surface area contributed by atoms with E-state index in [1.54, 1.807) is 6.07 Å². The Balaban J connectivity index is 1.33. The number of carbonyl (C=O) groups excluding carboxylic acids is 1. The lowest BCUT2D eigenvalue weighted by Crippen LogP contribution is -2.30. The van der Waals surface area contributed by atoms with Crippen molar-refractivity contribution in [2.45, 2.75) is 32.6 Å². The molecule has 1 aliphatic rings. The van der Waals surface area contributed by atoms with Gasteiger partial charge >= 0.3 is 0 Å². The number of benzene rings is 2. The Bertz CT molecular complexity index is 860. The van der Waals surface area contributed by atoms with Crippen LogP contribution in [0.15, 0.2) is 36.4 Å². The van der Waals surface area contributed by atoms with Gasteiger partial charge in [-0.2, -0.15) is 0 Å². The van der Waals surface area contributed by atoms with E-state index in [1.165, 1.54) is 5.56 Å². The van der Waals surface area contributed by atoms with E-state index in [9.17, 15) is 4.79 Å². The fourth-order valence-corrected chi connectivity index (χ4v) is 3.85. The van der Waals surface area contributed by atoms with Crippen LogP contribution in [0.3, 0.4) is 0 Å². The Morgan fingerprint density at radius 2 is 2.00 bits per heavy atom. The highest BCUT2D eigenvalue weighted by Crippen LogP contribution is 2.29. The van der Waals surface area contributed by atoms with E-state index in [-0.39, 0.29) is 5.91 Å².